The number of hydrogen-bond acceptors (Lipinski definition) is 2. The second-order valence-corrected chi connectivity index (χ2v) is 5.15. The number of rotatable bonds is 2. The second kappa shape index (κ2) is 5.53. The average molecular weight is 225 g/mol. The molecule has 2 fully saturated rings. The van der Waals surface area contributed by atoms with Crippen molar-refractivity contribution < 1.29 is 4.79 Å². The highest BCUT2D eigenvalue weighted by Crippen LogP contribution is 2.18. The van der Waals surface area contributed by atoms with Gasteiger partial charge >= 0.3 is 6.03 Å². The van der Waals surface area contributed by atoms with Crippen LogP contribution in [0.5, 0.6) is 0 Å². The molecule has 16 heavy (non-hydrogen) atoms. The molecule has 4 N–H and O–H groups in total. The first kappa shape index (κ1) is 11.7. The van der Waals surface area contributed by atoms with E-state index >= 15 is 0 Å². The lowest BCUT2D eigenvalue weighted by atomic mass is 9.96. The van der Waals surface area contributed by atoms with Crippen molar-refractivity contribution in [3.8, 4) is 0 Å². The quantitative estimate of drug-likeness (QED) is 0.666. The minimum absolute atomic E-state index is 0.0192. The molecule has 0 bridgehead atoms. The third-order valence-electron chi connectivity index (χ3n) is 3.83. The summed E-state index contributed by atoms with van der Waals surface area (Å²) in [5.41, 5.74) is 5.92. The standard InChI is InChI=1S/C12H23N3O/c13-10-7-4-8-11(10)15-12(16)14-9-5-2-1-3-6-9/h9-11H,1-8,13H2,(H2,14,15,16). The highest BCUT2D eigenvalue weighted by molar-refractivity contribution is 5.74. The molecule has 2 aliphatic rings. The number of nitrogens with one attached hydrogen (secondary N) is 2. The van der Waals surface area contributed by atoms with Crippen molar-refractivity contribution in [2.24, 2.45) is 5.73 Å². The Hall–Kier alpha value is -0.770. The number of carbonyl (C=O) groups is 1. The van der Waals surface area contributed by atoms with Gasteiger partial charge in [-0.15, -0.1) is 0 Å². The summed E-state index contributed by atoms with van der Waals surface area (Å²) in [6.07, 6.45) is 9.26. The third-order valence-corrected chi connectivity index (χ3v) is 3.83. The number of nitrogens with two attached hydrogens (primary N) is 1. The molecule has 0 aromatic heterocycles. The Bertz CT molecular complexity index is 238. The molecule has 4 nitrogen and oxygen atoms in total. The van der Waals surface area contributed by atoms with Crippen LogP contribution in [0.2, 0.25) is 0 Å². The van der Waals surface area contributed by atoms with E-state index in [-0.39, 0.29) is 18.1 Å². The molecule has 4 heteroatoms. The van der Waals surface area contributed by atoms with Gasteiger partial charge in [-0.3, -0.25) is 0 Å². The van der Waals surface area contributed by atoms with Gasteiger partial charge in [-0.2, -0.15) is 0 Å². The first-order chi connectivity index (χ1) is 7.75. The highest BCUT2D eigenvalue weighted by Gasteiger charge is 2.26. The molecule has 0 saturated heterocycles. The largest absolute Gasteiger partial charge is 0.335 e. The first-order valence-corrected chi connectivity index (χ1v) is 6.58. The van der Waals surface area contributed by atoms with Crippen molar-refractivity contribution >= 4 is 6.03 Å². The minimum Gasteiger partial charge on any atom is -0.335 e. The van der Waals surface area contributed by atoms with Crippen LogP contribution in [0.1, 0.15) is 51.4 Å². The number of carbonyl (C=O) groups excluding carboxylic acids is 1. The van der Waals surface area contributed by atoms with Crippen LogP contribution in [0, 0.1) is 0 Å². The summed E-state index contributed by atoms with van der Waals surface area (Å²) in [6.45, 7) is 0. The SMILES string of the molecule is NC1CCCC1NC(=O)NC1CCCCC1. The van der Waals surface area contributed by atoms with E-state index < -0.39 is 0 Å². The first-order valence-electron chi connectivity index (χ1n) is 6.58. The molecule has 0 heterocycles. The van der Waals surface area contributed by atoms with Gasteiger partial charge in [-0.1, -0.05) is 19.3 Å². The summed E-state index contributed by atoms with van der Waals surface area (Å²) in [4.78, 5) is 11.7. The fourth-order valence-corrected chi connectivity index (χ4v) is 2.81. The lowest BCUT2D eigenvalue weighted by molar-refractivity contribution is 0.228. The Morgan fingerprint density at radius 1 is 0.938 bits per heavy atom. The smallest absolute Gasteiger partial charge is 0.315 e. The van der Waals surface area contributed by atoms with Crippen molar-refractivity contribution in [1.29, 1.82) is 0 Å². The summed E-state index contributed by atoms with van der Waals surface area (Å²) in [6, 6.07) is 0.696. The van der Waals surface area contributed by atoms with Gasteiger partial charge in [0.1, 0.15) is 0 Å². The minimum atomic E-state index is -0.0192. The van der Waals surface area contributed by atoms with Crippen LogP contribution >= 0.6 is 0 Å². The summed E-state index contributed by atoms with van der Waals surface area (Å²) >= 11 is 0. The van der Waals surface area contributed by atoms with Crippen LogP contribution in [-0.2, 0) is 0 Å². The average Bonchev–Trinajstić information content (AvgIpc) is 2.66. The Morgan fingerprint density at radius 3 is 2.31 bits per heavy atom. The molecule has 0 aliphatic heterocycles. The van der Waals surface area contributed by atoms with Gasteiger partial charge < -0.3 is 16.4 Å². The van der Waals surface area contributed by atoms with Crippen molar-refractivity contribution in [3.05, 3.63) is 0 Å². The van der Waals surface area contributed by atoms with E-state index in [2.05, 4.69) is 10.6 Å². The van der Waals surface area contributed by atoms with Gasteiger partial charge in [0.05, 0.1) is 0 Å². The summed E-state index contributed by atoms with van der Waals surface area (Å²) < 4.78 is 0. The van der Waals surface area contributed by atoms with Crippen molar-refractivity contribution in [2.45, 2.75) is 69.5 Å². The monoisotopic (exact) mass is 225 g/mol. The van der Waals surface area contributed by atoms with Crippen LogP contribution in [-0.4, -0.2) is 24.2 Å². The molecule has 2 aliphatic carbocycles. The number of hydrogen-bond donors (Lipinski definition) is 3. The Kier molecular flexibility index (Phi) is 4.04. The van der Waals surface area contributed by atoms with E-state index in [1.807, 2.05) is 0 Å². The summed E-state index contributed by atoms with van der Waals surface area (Å²) in [5.74, 6) is 0. The van der Waals surface area contributed by atoms with Gasteiger partial charge in [0.2, 0.25) is 0 Å². The maximum atomic E-state index is 11.7. The molecule has 2 atom stereocenters. The van der Waals surface area contributed by atoms with E-state index in [1.165, 1.54) is 19.3 Å². The van der Waals surface area contributed by atoms with E-state index in [0.29, 0.717) is 6.04 Å². The van der Waals surface area contributed by atoms with Crippen LogP contribution in [0.4, 0.5) is 4.79 Å². The summed E-state index contributed by atoms with van der Waals surface area (Å²) in [7, 11) is 0. The van der Waals surface area contributed by atoms with Crippen LogP contribution in [0.3, 0.4) is 0 Å². The number of amides is 2. The normalized spacial score (nSPS) is 31.3. The fourth-order valence-electron chi connectivity index (χ4n) is 2.81. The summed E-state index contributed by atoms with van der Waals surface area (Å²) in [5, 5.41) is 6.06. The van der Waals surface area contributed by atoms with E-state index in [0.717, 1.165) is 32.1 Å². The van der Waals surface area contributed by atoms with E-state index in [9.17, 15) is 4.79 Å². The van der Waals surface area contributed by atoms with E-state index in [4.69, 9.17) is 5.73 Å². The van der Waals surface area contributed by atoms with Crippen LogP contribution < -0.4 is 16.4 Å². The predicted octanol–water partition coefficient (Wildman–Crippen LogP) is 1.50. The molecule has 0 aromatic rings. The maximum Gasteiger partial charge on any atom is 0.315 e. The Balaban J connectivity index is 1.70. The zero-order valence-electron chi connectivity index (χ0n) is 9.87. The topological polar surface area (TPSA) is 67.1 Å². The molecule has 2 saturated carbocycles. The third kappa shape index (κ3) is 3.11. The van der Waals surface area contributed by atoms with Gasteiger partial charge in [0, 0.05) is 18.1 Å². The van der Waals surface area contributed by atoms with Gasteiger partial charge in [0.15, 0.2) is 0 Å². The lowest BCUT2D eigenvalue weighted by Gasteiger charge is -2.25. The zero-order chi connectivity index (χ0) is 11.4. The van der Waals surface area contributed by atoms with Crippen molar-refractivity contribution in [2.75, 3.05) is 0 Å². The molecule has 92 valence electrons. The molecule has 2 unspecified atom stereocenters. The Morgan fingerprint density at radius 2 is 1.69 bits per heavy atom. The fraction of sp³-hybridized carbons (Fsp3) is 0.917. The number of urea groups is 1. The molecular weight excluding hydrogens is 202 g/mol. The molecule has 0 radical (unpaired) electrons. The lowest BCUT2D eigenvalue weighted by Crippen LogP contribution is -2.50. The maximum absolute atomic E-state index is 11.7. The van der Waals surface area contributed by atoms with Crippen molar-refractivity contribution in [1.82, 2.24) is 10.6 Å². The van der Waals surface area contributed by atoms with Crippen LogP contribution in [0.15, 0.2) is 0 Å². The molecule has 0 spiro atoms. The van der Waals surface area contributed by atoms with E-state index in [1.54, 1.807) is 0 Å². The van der Waals surface area contributed by atoms with Gasteiger partial charge in [-0.05, 0) is 32.1 Å². The van der Waals surface area contributed by atoms with Gasteiger partial charge in [-0.25, -0.2) is 4.79 Å². The zero-order valence-corrected chi connectivity index (χ0v) is 9.87. The molecule has 0 aromatic carbocycles. The Labute approximate surface area is 97.3 Å². The van der Waals surface area contributed by atoms with Crippen LogP contribution in [0.25, 0.3) is 0 Å². The molecule has 2 amide bonds. The van der Waals surface area contributed by atoms with Crippen molar-refractivity contribution in [3.63, 3.8) is 0 Å². The second-order valence-electron chi connectivity index (χ2n) is 5.15. The van der Waals surface area contributed by atoms with Gasteiger partial charge in [0.25, 0.3) is 0 Å². The highest BCUT2D eigenvalue weighted by atomic mass is 16.2. The molecule has 2 rings (SSSR count). The molecular formula is C12H23N3O. The predicted molar refractivity (Wildman–Crippen MR) is 64.2 cm³/mol.